The van der Waals surface area contributed by atoms with E-state index in [1.807, 2.05) is 12.1 Å². The van der Waals surface area contributed by atoms with Gasteiger partial charge in [-0.25, -0.2) is 4.79 Å². The monoisotopic (exact) mass is 354 g/mol. The van der Waals surface area contributed by atoms with Crippen molar-refractivity contribution in [1.82, 2.24) is 9.88 Å². The van der Waals surface area contributed by atoms with Gasteiger partial charge in [0.2, 0.25) is 0 Å². The summed E-state index contributed by atoms with van der Waals surface area (Å²) in [5.74, 6) is -0.0136. The molecule has 1 aliphatic heterocycles. The molecule has 0 saturated carbocycles. The molecule has 3 unspecified atom stereocenters. The lowest BCUT2D eigenvalue weighted by Crippen LogP contribution is -2.43. The summed E-state index contributed by atoms with van der Waals surface area (Å²) < 4.78 is 5.96. The number of nitrogens with zero attached hydrogens (tertiary/aromatic N) is 2. The summed E-state index contributed by atoms with van der Waals surface area (Å²) in [5, 5.41) is 19.1. The topological polar surface area (TPSA) is 82.9 Å². The van der Waals surface area contributed by atoms with Gasteiger partial charge in [0.05, 0.1) is 18.4 Å². The zero-order chi connectivity index (χ0) is 18.5. The van der Waals surface area contributed by atoms with Gasteiger partial charge in [0.25, 0.3) is 0 Å². The molecule has 2 bridgehead atoms. The average Bonchev–Trinajstić information content (AvgIpc) is 2.78. The predicted octanol–water partition coefficient (Wildman–Crippen LogP) is 2.31. The summed E-state index contributed by atoms with van der Waals surface area (Å²) in [6, 6.07) is 7.51. The smallest absolute Gasteiger partial charge is 0.337 e. The number of carboxylic acid groups (broad SMARTS) is 1. The van der Waals surface area contributed by atoms with E-state index in [9.17, 15) is 9.90 Å². The molecule has 1 fully saturated rings. The van der Waals surface area contributed by atoms with Crippen LogP contribution in [0.2, 0.25) is 0 Å². The molecule has 0 radical (unpaired) electrons. The zero-order valence-corrected chi connectivity index (χ0v) is 14.8. The van der Waals surface area contributed by atoms with Crippen LogP contribution in [0, 0.1) is 5.92 Å². The quantitative estimate of drug-likeness (QED) is 0.877. The van der Waals surface area contributed by atoms with E-state index in [4.69, 9.17) is 9.84 Å². The molecule has 1 aromatic carbocycles. The molecule has 1 aliphatic carbocycles. The molecular weight excluding hydrogens is 332 g/mol. The Balaban J connectivity index is 1.61. The van der Waals surface area contributed by atoms with Gasteiger partial charge >= 0.3 is 5.97 Å². The van der Waals surface area contributed by atoms with Crippen molar-refractivity contribution in [2.24, 2.45) is 5.92 Å². The first-order valence-corrected chi connectivity index (χ1v) is 8.72. The van der Waals surface area contributed by atoms with Gasteiger partial charge in [0.1, 0.15) is 11.5 Å². The molecule has 2 heterocycles. The van der Waals surface area contributed by atoms with Crippen molar-refractivity contribution in [1.29, 1.82) is 0 Å². The predicted molar refractivity (Wildman–Crippen MR) is 95.8 cm³/mol. The Bertz CT molecular complexity index is 869. The first-order chi connectivity index (χ1) is 12.4. The summed E-state index contributed by atoms with van der Waals surface area (Å²) in [6.07, 6.45) is 3.78. The molecule has 2 aromatic rings. The van der Waals surface area contributed by atoms with Crippen LogP contribution < -0.4 is 4.74 Å². The van der Waals surface area contributed by atoms with Gasteiger partial charge in [0.15, 0.2) is 0 Å². The van der Waals surface area contributed by atoms with Crippen LogP contribution in [0.3, 0.4) is 0 Å². The summed E-state index contributed by atoms with van der Waals surface area (Å²) >= 11 is 0. The van der Waals surface area contributed by atoms with E-state index in [0.717, 1.165) is 13.0 Å². The largest absolute Gasteiger partial charge is 0.508 e. The third kappa shape index (κ3) is 2.61. The number of ether oxygens (including phenoxy) is 1. The highest BCUT2D eigenvalue weighted by atomic mass is 16.5. The Morgan fingerprint density at radius 3 is 2.96 bits per heavy atom. The first-order valence-electron chi connectivity index (χ1n) is 8.72. The van der Waals surface area contributed by atoms with Gasteiger partial charge < -0.3 is 19.8 Å². The van der Waals surface area contributed by atoms with Crippen LogP contribution >= 0.6 is 0 Å². The Kier molecular flexibility index (Phi) is 3.88. The third-order valence-corrected chi connectivity index (χ3v) is 5.95. The van der Waals surface area contributed by atoms with Crippen molar-refractivity contribution in [3.8, 4) is 11.5 Å². The lowest BCUT2D eigenvalue weighted by molar-refractivity contribution is 0.0695. The highest BCUT2D eigenvalue weighted by molar-refractivity contribution is 5.87. The number of rotatable bonds is 4. The second-order valence-corrected chi connectivity index (χ2v) is 7.58. The fourth-order valence-electron chi connectivity index (χ4n) is 4.66. The lowest BCUT2D eigenvalue weighted by atomic mass is 9.65. The molecule has 6 nitrogen and oxygen atoms in total. The Labute approximate surface area is 152 Å². The lowest BCUT2D eigenvalue weighted by Gasteiger charge is -2.39. The minimum Gasteiger partial charge on any atom is -0.508 e. The molecule has 2 aliphatic rings. The highest BCUT2D eigenvalue weighted by Gasteiger charge is 2.53. The number of carbonyl (C=O) groups is 1. The number of fused-ring (bicyclic) bond motifs is 4. The fraction of sp³-hybridized carbons (Fsp3) is 0.400. The third-order valence-electron chi connectivity index (χ3n) is 5.95. The maximum absolute atomic E-state index is 11.1. The second-order valence-electron chi connectivity index (χ2n) is 7.58. The van der Waals surface area contributed by atoms with E-state index in [1.54, 1.807) is 12.3 Å². The number of hydrogen-bond donors (Lipinski definition) is 2. The number of hydrogen-bond acceptors (Lipinski definition) is 5. The zero-order valence-electron chi connectivity index (χ0n) is 14.8. The van der Waals surface area contributed by atoms with Crippen LogP contribution in [0.4, 0.5) is 0 Å². The SMILES string of the molecule is CN1CC2(C)c3cc(O)ccc3CC1C2COc1cncc(C(=O)O)c1. The van der Waals surface area contributed by atoms with Crippen LogP contribution in [-0.4, -0.2) is 52.3 Å². The number of pyridine rings is 1. The van der Waals surface area contributed by atoms with Gasteiger partial charge in [-0.2, -0.15) is 0 Å². The molecule has 1 saturated heterocycles. The van der Waals surface area contributed by atoms with E-state index in [2.05, 4.69) is 23.9 Å². The van der Waals surface area contributed by atoms with E-state index in [-0.39, 0.29) is 22.6 Å². The van der Waals surface area contributed by atoms with Crippen LogP contribution in [-0.2, 0) is 11.8 Å². The maximum Gasteiger partial charge on any atom is 0.337 e. The van der Waals surface area contributed by atoms with Crippen molar-refractivity contribution in [3.63, 3.8) is 0 Å². The first kappa shape index (κ1) is 16.8. The van der Waals surface area contributed by atoms with Crippen molar-refractivity contribution in [2.45, 2.75) is 24.8 Å². The molecule has 0 amide bonds. The van der Waals surface area contributed by atoms with Gasteiger partial charge in [0, 0.05) is 30.1 Å². The number of likely N-dealkylation sites (N-methyl/N-ethyl adjacent to an activating group) is 1. The van der Waals surface area contributed by atoms with Gasteiger partial charge in [-0.3, -0.25) is 4.98 Å². The fourth-order valence-corrected chi connectivity index (χ4v) is 4.66. The van der Waals surface area contributed by atoms with E-state index < -0.39 is 5.97 Å². The molecule has 6 heteroatoms. The number of aromatic hydroxyl groups is 1. The summed E-state index contributed by atoms with van der Waals surface area (Å²) in [5.41, 5.74) is 2.46. The molecule has 1 aromatic heterocycles. The van der Waals surface area contributed by atoms with Gasteiger partial charge in [-0.05, 0) is 42.8 Å². The second kappa shape index (κ2) is 5.99. The summed E-state index contributed by atoms with van der Waals surface area (Å²) in [7, 11) is 2.13. The number of aromatic carboxylic acids is 1. The molecule has 3 atom stereocenters. The molecule has 26 heavy (non-hydrogen) atoms. The molecule has 4 rings (SSSR count). The summed E-state index contributed by atoms with van der Waals surface area (Å²) in [6.45, 7) is 3.60. The minimum atomic E-state index is -1.02. The Morgan fingerprint density at radius 1 is 1.38 bits per heavy atom. The van der Waals surface area contributed by atoms with Crippen molar-refractivity contribution in [3.05, 3.63) is 53.3 Å². The molecule has 0 spiro atoms. The number of phenols is 1. The Morgan fingerprint density at radius 2 is 2.19 bits per heavy atom. The minimum absolute atomic E-state index is 0.118. The molecular formula is C20H22N2O4. The number of carboxylic acids is 1. The molecule has 136 valence electrons. The normalized spacial score (nSPS) is 27.2. The van der Waals surface area contributed by atoms with E-state index in [0.29, 0.717) is 18.4 Å². The average molecular weight is 354 g/mol. The highest BCUT2D eigenvalue weighted by Crippen LogP contribution is 2.49. The van der Waals surface area contributed by atoms with Crippen molar-refractivity contribution < 1.29 is 19.7 Å². The Hall–Kier alpha value is -2.60. The standard InChI is InChI=1S/C20H22N2O4/c1-20-11-22(2)18(6-12-3-4-14(23)7-16(12)20)17(20)10-26-15-5-13(19(24)25)8-21-9-15/h3-5,7-9,17-18,23H,6,10-11H2,1-2H3,(H,24,25). The van der Waals surface area contributed by atoms with E-state index in [1.165, 1.54) is 23.4 Å². The maximum atomic E-state index is 11.1. The number of benzene rings is 1. The van der Waals surface area contributed by atoms with E-state index >= 15 is 0 Å². The number of aromatic nitrogens is 1. The van der Waals surface area contributed by atoms with Crippen molar-refractivity contribution >= 4 is 5.97 Å². The summed E-state index contributed by atoms with van der Waals surface area (Å²) in [4.78, 5) is 17.4. The number of likely N-dealkylation sites (tertiary alicyclic amines) is 1. The van der Waals surface area contributed by atoms with Crippen LogP contribution in [0.25, 0.3) is 0 Å². The molecule has 2 N–H and O–H groups in total. The van der Waals surface area contributed by atoms with Crippen LogP contribution in [0.5, 0.6) is 11.5 Å². The van der Waals surface area contributed by atoms with Crippen molar-refractivity contribution in [2.75, 3.05) is 20.2 Å². The van der Waals surface area contributed by atoms with Gasteiger partial charge in [-0.1, -0.05) is 13.0 Å². The van der Waals surface area contributed by atoms with Gasteiger partial charge in [-0.15, -0.1) is 0 Å². The number of phenolic OH excluding ortho intramolecular Hbond substituents is 1. The van der Waals surface area contributed by atoms with Crippen LogP contribution in [0.1, 0.15) is 28.4 Å². The van der Waals surface area contributed by atoms with Crippen LogP contribution in [0.15, 0.2) is 36.7 Å².